The largest absolute Gasteiger partial charge is 0.297 e. The topological polar surface area (TPSA) is 34.1 Å². The lowest BCUT2D eigenvalue weighted by Gasteiger charge is -1.97. The molecule has 1 heterocycles. The Morgan fingerprint density at radius 1 is 1.00 bits per heavy atom. The predicted octanol–water partition coefficient (Wildman–Crippen LogP) is 2.82. The van der Waals surface area contributed by atoms with Gasteiger partial charge in [-0.05, 0) is 12.5 Å². The molecule has 0 atom stereocenters. The monoisotopic (exact) mass is 232 g/mol. The Morgan fingerprint density at radius 2 is 1.38 bits per heavy atom. The van der Waals surface area contributed by atoms with E-state index in [0.29, 0.717) is 9.75 Å². The van der Waals surface area contributed by atoms with Gasteiger partial charge in [0.05, 0.1) is 9.75 Å². The summed E-state index contributed by atoms with van der Waals surface area (Å²) in [5.74, 6) is 0. The van der Waals surface area contributed by atoms with Crippen LogP contribution in [0.2, 0.25) is 0 Å². The van der Waals surface area contributed by atoms with Gasteiger partial charge < -0.3 is 0 Å². The van der Waals surface area contributed by atoms with Crippen LogP contribution in [0.25, 0.3) is 0 Å². The molecule has 0 saturated heterocycles. The first-order valence-electron chi connectivity index (χ1n) is 3.43. The molecule has 2 nitrogen and oxygen atoms in total. The normalized spacial score (nSPS) is 10.0. The molecule has 0 aliphatic heterocycles. The highest BCUT2D eigenvalue weighted by atomic mass is 32.2. The molecule has 0 aliphatic rings. The molecule has 0 unspecified atom stereocenters. The summed E-state index contributed by atoms with van der Waals surface area (Å²) in [6, 6.07) is 0. The van der Waals surface area contributed by atoms with Crippen molar-refractivity contribution in [3.8, 4) is 0 Å². The summed E-state index contributed by atoms with van der Waals surface area (Å²) in [7, 11) is 0. The Balaban J connectivity index is 3.33. The van der Waals surface area contributed by atoms with E-state index in [4.69, 9.17) is 0 Å². The van der Waals surface area contributed by atoms with E-state index in [1.807, 2.05) is 12.5 Å². The van der Waals surface area contributed by atoms with Gasteiger partial charge >= 0.3 is 0 Å². The van der Waals surface area contributed by atoms with E-state index >= 15 is 0 Å². The molecule has 0 spiro atoms. The molecular weight excluding hydrogens is 224 g/mol. The van der Waals surface area contributed by atoms with E-state index in [-0.39, 0.29) is 0 Å². The molecule has 0 amide bonds. The van der Waals surface area contributed by atoms with Crippen LogP contribution in [0.3, 0.4) is 0 Å². The molecule has 0 aliphatic carbocycles. The van der Waals surface area contributed by atoms with Crippen LogP contribution in [-0.4, -0.2) is 25.1 Å². The molecule has 0 radical (unpaired) electrons. The standard InChI is InChI=1S/C8H8O2S3/c1-11-7-5(3-9)13-6(4-10)8(7)12-2/h3-4H,1-2H3. The van der Waals surface area contributed by atoms with Gasteiger partial charge in [0.1, 0.15) is 0 Å². The lowest BCUT2D eigenvalue weighted by molar-refractivity contribution is 0.111. The van der Waals surface area contributed by atoms with Crippen molar-refractivity contribution in [2.75, 3.05) is 12.5 Å². The van der Waals surface area contributed by atoms with Crippen molar-refractivity contribution in [3.05, 3.63) is 9.75 Å². The fraction of sp³-hybridized carbons (Fsp3) is 0.250. The summed E-state index contributed by atoms with van der Waals surface area (Å²) >= 11 is 4.27. The quantitative estimate of drug-likeness (QED) is 0.590. The van der Waals surface area contributed by atoms with Crippen LogP contribution in [0.4, 0.5) is 0 Å². The second-order valence-corrected chi connectivity index (χ2v) is 4.85. The molecule has 1 aromatic rings. The molecule has 0 fully saturated rings. The molecule has 0 N–H and O–H groups in total. The minimum Gasteiger partial charge on any atom is -0.297 e. The molecule has 0 bridgehead atoms. The first-order valence-corrected chi connectivity index (χ1v) is 6.70. The van der Waals surface area contributed by atoms with Gasteiger partial charge in [-0.2, -0.15) is 0 Å². The van der Waals surface area contributed by atoms with E-state index in [2.05, 4.69) is 0 Å². The Hall–Kier alpha value is -0.260. The molecule has 13 heavy (non-hydrogen) atoms. The highest BCUT2D eigenvalue weighted by Crippen LogP contribution is 2.38. The number of carbonyl (C=O) groups is 2. The molecule has 1 rings (SSSR count). The van der Waals surface area contributed by atoms with Gasteiger partial charge in [0.15, 0.2) is 12.6 Å². The van der Waals surface area contributed by atoms with Crippen LogP contribution in [0, 0.1) is 0 Å². The first kappa shape index (κ1) is 10.8. The summed E-state index contributed by atoms with van der Waals surface area (Å²) in [4.78, 5) is 24.5. The number of thioether (sulfide) groups is 2. The van der Waals surface area contributed by atoms with Crippen LogP contribution in [-0.2, 0) is 0 Å². The minimum absolute atomic E-state index is 0.652. The van der Waals surface area contributed by atoms with Crippen molar-refractivity contribution in [3.63, 3.8) is 0 Å². The SMILES string of the molecule is CSc1c(C=O)sc(C=O)c1SC. The van der Waals surface area contributed by atoms with Gasteiger partial charge in [-0.1, -0.05) is 0 Å². The Morgan fingerprint density at radius 3 is 1.62 bits per heavy atom. The van der Waals surface area contributed by atoms with E-state index in [1.165, 1.54) is 34.9 Å². The van der Waals surface area contributed by atoms with Gasteiger partial charge in [0.25, 0.3) is 0 Å². The van der Waals surface area contributed by atoms with Gasteiger partial charge in [0.2, 0.25) is 0 Å². The lowest BCUT2D eigenvalue weighted by Crippen LogP contribution is -1.78. The summed E-state index contributed by atoms with van der Waals surface area (Å²) in [5, 5.41) is 0. The second kappa shape index (κ2) is 4.83. The molecule has 70 valence electrons. The number of aldehydes is 2. The van der Waals surface area contributed by atoms with Crippen LogP contribution in [0.5, 0.6) is 0 Å². The average molecular weight is 232 g/mol. The van der Waals surface area contributed by atoms with Crippen molar-refractivity contribution in [1.29, 1.82) is 0 Å². The third-order valence-corrected chi connectivity index (χ3v) is 4.59. The molecule has 1 aromatic heterocycles. The van der Waals surface area contributed by atoms with Gasteiger partial charge in [-0.25, -0.2) is 0 Å². The number of hydrogen-bond acceptors (Lipinski definition) is 5. The number of thiophene rings is 1. The number of rotatable bonds is 4. The van der Waals surface area contributed by atoms with E-state index in [9.17, 15) is 9.59 Å². The van der Waals surface area contributed by atoms with E-state index in [1.54, 1.807) is 0 Å². The van der Waals surface area contributed by atoms with Crippen molar-refractivity contribution in [1.82, 2.24) is 0 Å². The van der Waals surface area contributed by atoms with E-state index < -0.39 is 0 Å². The lowest BCUT2D eigenvalue weighted by atomic mass is 10.4. The highest BCUT2D eigenvalue weighted by molar-refractivity contribution is 8.02. The summed E-state index contributed by atoms with van der Waals surface area (Å²) in [6.07, 6.45) is 5.43. The van der Waals surface area contributed by atoms with Gasteiger partial charge in [-0.3, -0.25) is 9.59 Å². The molecular formula is C8H8O2S3. The zero-order valence-electron chi connectivity index (χ0n) is 7.20. The molecule has 0 aromatic carbocycles. The maximum absolute atomic E-state index is 10.7. The third kappa shape index (κ3) is 1.98. The number of carbonyl (C=O) groups excluding carboxylic acids is 2. The predicted molar refractivity (Wildman–Crippen MR) is 58.7 cm³/mol. The molecule has 0 saturated carbocycles. The highest BCUT2D eigenvalue weighted by Gasteiger charge is 2.15. The maximum Gasteiger partial charge on any atom is 0.161 e. The fourth-order valence-corrected chi connectivity index (χ4v) is 4.17. The third-order valence-electron chi connectivity index (χ3n) is 1.50. The number of hydrogen-bond donors (Lipinski definition) is 0. The fourth-order valence-electron chi connectivity index (χ4n) is 0.977. The zero-order chi connectivity index (χ0) is 9.84. The average Bonchev–Trinajstić information content (AvgIpc) is 2.54. The van der Waals surface area contributed by atoms with E-state index in [0.717, 1.165) is 22.4 Å². The first-order chi connectivity index (χ1) is 6.28. The van der Waals surface area contributed by atoms with Crippen LogP contribution < -0.4 is 0 Å². The molecule has 5 heteroatoms. The van der Waals surface area contributed by atoms with Crippen LogP contribution >= 0.6 is 34.9 Å². The van der Waals surface area contributed by atoms with Crippen molar-refractivity contribution >= 4 is 47.4 Å². The Labute approximate surface area is 89.1 Å². The Bertz CT molecular complexity index is 300. The van der Waals surface area contributed by atoms with Crippen LogP contribution in [0.1, 0.15) is 19.3 Å². The van der Waals surface area contributed by atoms with Crippen molar-refractivity contribution in [2.45, 2.75) is 9.79 Å². The Kier molecular flexibility index (Phi) is 4.02. The minimum atomic E-state index is 0.652. The van der Waals surface area contributed by atoms with Gasteiger partial charge in [-0.15, -0.1) is 34.9 Å². The smallest absolute Gasteiger partial charge is 0.161 e. The maximum atomic E-state index is 10.7. The van der Waals surface area contributed by atoms with Crippen molar-refractivity contribution < 1.29 is 9.59 Å². The summed E-state index contributed by atoms with van der Waals surface area (Å²) < 4.78 is 0. The zero-order valence-corrected chi connectivity index (χ0v) is 9.65. The summed E-state index contributed by atoms with van der Waals surface area (Å²) in [5.41, 5.74) is 0. The van der Waals surface area contributed by atoms with Crippen molar-refractivity contribution in [2.24, 2.45) is 0 Å². The van der Waals surface area contributed by atoms with Gasteiger partial charge in [0, 0.05) is 9.79 Å². The summed E-state index contributed by atoms with van der Waals surface area (Å²) in [6.45, 7) is 0. The van der Waals surface area contributed by atoms with Crippen LogP contribution in [0.15, 0.2) is 9.79 Å². The second-order valence-electron chi connectivity index (χ2n) is 2.13.